The summed E-state index contributed by atoms with van der Waals surface area (Å²) in [5.74, 6) is 0. The Bertz CT molecular complexity index is 2780. The lowest BCUT2D eigenvalue weighted by Gasteiger charge is -2.31. The van der Waals surface area contributed by atoms with E-state index in [1.165, 1.54) is 30.9 Å². The van der Waals surface area contributed by atoms with Gasteiger partial charge in [0.05, 0.1) is 11.4 Å². The summed E-state index contributed by atoms with van der Waals surface area (Å²) in [6, 6.07) is 80.4. The molecule has 0 N–H and O–H groups in total. The van der Waals surface area contributed by atoms with E-state index in [-0.39, 0.29) is 0 Å². The van der Waals surface area contributed by atoms with Crippen molar-refractivity contribution in [3.05, 3.63) is 224 Å². The lowest BCUT2D eigenvalue weighted by Crippen LogP contribution is -2.13. The van der Waals surface area contributed by atoms with Crippen LogP contribution in [0, 0.1) is 0 Å². The van der Waals surface area contributed by atoms with E-state index in [0.717, 1.165) is 51.2 Å². The van der Waals surface area contributed by atoms with Crippen molar-refractivity contribution in [1.29, 1.82) is 0 Å². The third-order valence-electron chi connectivity index (χ3n) is 10.4. The van der Waals surface area contributed by atoms with Gasteiger partial charge in [0.2, 0.25) is 0 Å². The molecule has 10 aromatic rings. The molecule has 0 saturated heterocycles. The van der Waals surface area contributed by atoms with Crippen molar-refractivity contribution >= 4 is 93.5 Å². The number of hydrogen-bond acceptors (Lipinski definition) is 4. The minimum atomic E-state index is 1.09. The summed E-state index contributed by atoms with van der Waals surface area (Å²) < 4.78 is 2.51. The van der Waals surface area contributed by atoms with E-state index in [1.54, 1.807) is 0 Å². The number of anilines is 9. The Labute approximate surface area is 331 Å². The molecule has 4 heteroatoms. The number of para-hydroxylation sites is 6. The second kappa shape index (κ2) is 14.6. The van der Waals surface area contributed by atoms with E-state index < -0.39 is 0 Å². The highest BCUT2D eigenvalue weighted by Crippen LogP contribution is 2.50. The molecule has 0 radical (unpaired) electrons. The summed E-state index contributed by atoms with van der Waals surface area (Å²) in [7, 11) is 0. The Balaban J connectivity index is 1.30. The highest BCUT2D eigenvalue weighted by atomic mass is 32.1. The van der Waals surface area contributed by atoms with Crippen molar-refractivity contribution in [3.8, 4) is 0 Å². The SMILES string of the molecule is c1ccc(N(c2ccccc2)c2cc(N(c3ccccc3)c3ccccc3)c3ccc4c(sc5cccc(N(c6ccccc6)c6ccccc6)c54)c3c2)cc1. The number of benzene rings is 9. The van der Waals surface area contributed by atoms with Crippen LogP contribution in [0.2, 0.25) is 0 Å². The average Bonchev–Trinajstić information content (AvgIpc) is 3.67. The number of hydrogen-bond donors (Lipinski definition) is 0. The van der Waals surface area contributed by atoms with Crippen LogP contribution in [0.3, 0.4) is 0 Å². The summed E-state index contributed by atoms with van der Waals surface area (Å²) in [6.07, 6.45) is 0. The van der Waals surface area contributed by atoms with Gasteiger partial charge in [-0.3, -0.25) is 0 Å². The van der Waals surface area contributed by atoms with Crippen LogP contribution in [0.4, 0.5) is 51.2 Å². The fraction of sp³-hybridized carbons (Fsp3) is 0. The summed E-state index contributed by atoms with van der Waals surface area (Å²) in [4.78, 5) is 7.16. The number of rotatable bonds is 9. The minimum Gasteiger partial charge on any atom is -0.310 e. The molecule has 0 spiro atoms. The molecule has 0 aliphatic heterocycles. The number of nitrogens with zero attached hydrogens (tertiary/aromatic N) is 3. The zero-order valence-corrected chi connectivity index (χ0v) is 31.4. The first-order valence-electron chi connectivity index (χ1n) is 18.9. The third kappa shape index (κ3) is 6.03. The van der Waals surface area contributed by atoms with Crippen LogP contribution >= 0.6 is 11.3 Å². The van der Waals surface area contributed by atoms with Gasteiger partial charge in [-0.05, 0) is 97.1 Å². The molecule has 0 atom stereocenters. The molecule has 266 valence electrons. The fourth-order valence-corrected chi connectivity index (χ4v) is 9.17. The monoisotopic (exact) mass is 735 g/mol. The number of fused-ring (bicyclic) bond motifs is 5. The van der Waals surface area contributed by atoms with E-state index in [4.69, 9.17) is 0 Å². The molecule has 0 amide bonds. The maximum atomic E-state index is 2.40. The molecule has 3 nitrogen and oxygen atoms in total. The number of thiophene rings is 1. The van der Waals surface area contributed by atoms with Gasteiger partial charge in [0.1, 0.15) is 0 Å². The predicted molar refractivity (Wildman–Crippen MR) is 241 cm³/mol. The Morgan fingerprint density at radius 1 is 0.268 bits per heavy atom. The summed E-state index contributed by atoms with van der Waals surface area (Å²) in [6.45, 7) is 0. The molecular formula is C52H37N3S. The predicted octanol–water partition coefficient (Wildman–Crippen LogP) is 15.6. The van der Waals surface area contributed by atoms with Crippen LogP contribution in [-0.2, 0) is 0 Å². The lowest BCUT2D eigenvalue weighted by atomic mass is 10.0. The van der Waals surface area contributed by atoms with Gasteiger partial charge in [0.15, 0.2) is 0 Å². The van der Waals surface area contributed by atoms with Crippen molar-refractivity contribution in [1.82, 2.24) is 0 Å². The molecule has 1 heterocycles. The van der Waals surface area contributed by atoms with Gasteiger partial charge in [-0.2, -0.15) is 0 Å². The standard InChI is InChI=1S/C52H37N3S/c1-7-20-38(21-8-1)53(39-22-9-2-10-23-39)44-36-47-45(49(37-44)55(42-28-15-5-16-29-42)43-30-17-6-18-31-43)34-35-46-51-48(32-19-33-50(51)56-52(46)47)54(40-24-11-3-12-25-40)41-26-13-4-14-27-41/h1-37H. The first-order chi connectivity index (χ1) is 27.8. The molecule has 10 rings (SSSR count). The molecule has 0 bridgehead atoms. The Morgan fingerprint density at radius 3 is 1.11 bits per heavy atom. The molecule has 0 unspecified atom stereocenters. The fourth-order valence-electron chi connectivity index (χ4n) is 7.93. The van der Waals surface area contributed by atoms with Gasteiger partial charge in [-0.15, -0.1) is 11.3 Å². The van der Waals surface area contributed by atoms with Gasteiger partial charge in [-0.25, -0.2) is 0 Å². The van der Waals surface area contributed by atoms with E-state index in [9.17, 15) is 0 Å². The Kier molecular flexibility index (Phi) is 8.71. The first kappa shape index (κ1) is 33.4. The van der Waals surface area contributed by atoms with Crippen molar-refractivity contribution < 1.29 is 0 Å². The topological polar surface area (TPSA) is 9.72 Å². The molecular weight excluding hydrogens is 699 g/mol. The van der Waals surface area contributed by atoms with E-state index in [0.29, 0.717) is 0 Å². The molecule has 0 fully saturated rings. The zero-order valence-electron chi connectivity index (χ0n) is 30.6. The Morgan fingerprint density at radius 2 is 0.661 bits per heavy atom. The average molecular weight is 736 g/mol. The Hall–Kier alpha value is -7.14. The van der Waals surface area contributed by atoms with Crippen LogP contribution < -0.4 is 14.7 Å². The lowest BCUT2D eigenvalue weighted by molar-refractivity contribution is 1.26. The van der Waals surface area contributed by atoms with Gasteiger partial charge in [0, 0.05) is 70.8 Å². The molecule has 9 aromatic carbocycles. The summed E-state index contributed by atoms with van der Waals surface area (Å²) in [5, 5.41) is 4.89. The van der Waals surface area contributed by atoms with Crippen LogP contribution in [0.1, 0.15) is 0 Å². The molecule has 1 aromatic heterocycles. The first-order valence-corrected chi connectivity index (χ1v) is 19.8. The van der Waals surface area contributed by atoms with E-state index >= 15 is 0 Å². The van der Waals surface area contributed by atoms with Crippen LogP contribution in [0.15, 0.2) is 224 Å². The zero-order chi connectivity index (χ0) is 37.3. The highest BCUT2D eigenvalue weighted by Gasteiger charge is 2.24. The van der Waals surface area contributed by atoms with Gasteiger partial charge in [0.25, 0.3) is 0 Å². The van der Waals surface area contributed by atoms with Crippen molar-refractivity contribution in [2.45, 2.75) is 0 Å². The normalized spacial score (nSPS) is 11.2. The molecule has 0 saturated carbocycles. The van der Waals surface area contributed by atoms with Crippen LogP contribution in [0.25, 0.3) is 30.9 Å². The van der Waals surface area contributed by atoms with Gasteiger partial charge < -0.3 is 14.7 Å². The maximum absolute atomic E-state index is 2.40. The minimum absolute atomic E-state index is 1.09. The quantitative estimate of drug-likeness (QED) is 0.146. The van der Waals surface area contributed by atoms with E-state index in [2.05, 4.69) is 239 Å². The van der Waals surface area contributed by atoms with Gasteiger partial charge in [-0.1, -0.05) is 127 Å². The summed E-state index contributed by atoms with van der Waals surface area (Å²) in [5.41, 5.74) is 10.0. The second-order valence-electron chi connectivity index (χ2n) is 13.8. The van der Waals surface area contributed by atoms with Crippen molar-refractivity contribution in [3.63, 3.8) is 0 Å². The van der Waals surface area contributed by atoms with Crippen molar-refractivity contribution in [2.75, 3.05) is 14.7 Å². The molecule has 0 aliphatic carbocycles. The smallest absolute Gasteiger partial charge is 0.0561 e. The highest BCUT2D eigenvalue weighted by molar-refractivity contribution is 7.26. The second-order valence-corrected chi connectivity index (χ2v) is 14.8. The van der Waals surface area contributed by atoms with E-state index in [1.807, 2.05) is 11.3 Å². The van der Waals surface area contributed by atoms with Crippen LogP contribution in [0.5, 0.6) is 0 Å². The third-order valence-corrected chi connectivity index (χ3v) is 11.6. The van der Waals surface area contributed by atoms with Gasteiger partial charge >= 0.3 is 0 Å². The van der Waals surface area contributed by atoms with Crippen molar-refractivity contribution in [2.24, 2.45) is 0 Å². The maximum Gasteiger partial charge on any atom is 0.0561 e. The summed E-state index contributed by atoms with van der Waals surface area (Å²) >= 11 is 1.87. The largest absolute Gasteiger partial charge is 0.310 e. The molecule has 56 heavy (non-hydrogen) atoms. The molecule has 0 aliphatic rings. The van der Waals surface area contributed by atoms with Crippen LogP contribution in [-0.4, -0.2) is 0 Å².